The molecule has 0 bridgehead atoms. The summed E-state index contributed by atoms with van der Waals surface area (Å²) >= 11 is 0. The second kappa shape index (κ2) is 10.8. The van der Waals surface area contributed by atoms with Crippen LogP contribution < -0.4 is 10.2 Å². The fourth-order valence-electron chi connectivity index (χ4n) is 6.43. The summed E-state index contributed by atoms with van der Waals surface area (Å²) in [7, 11) is -4.74. The molecule has 9 nitrogen and oxygen atoms in total. The number of rotatable bonds is 6. The summed E-state index contributed by atoms with van der Waals surface area (Å²) in [6.45, 7) is 6.49. The smallest absolute Gasteiger partial charge is 0.369 e. The number of nitrogens with one attached hydrogen (secondary N) is 1. The van der Waals surface area contributed by atoms with Crippen molar-refractivity contribution in [1.29, 1.82) is 5.26 Å². The zero-order valence-corrected chi connectivity index (χ0v) is 25.6. The Hall–Kier alpha value is -2.99. The molecule has 1 N–H and O–H groups in total. The Labute approximate surface area is 253 Å². The Morgan fingerprint density at radius 2 is 1.59 bits per heavy atom. The van der Waals surface area contributed by atoms with Crippen molar-refractivity contribution in [2.45, 2.75) is 79.8 Å². The molecule has 242 valence electrons. The number of carbonyl (C=O) groups excluding carboxylic acids is 2. The van der Waals surface area contributed by atoms with Crippen LogP contribution in [-0.4, -0.2) is 91.6 Å². The maximum absolute atomic E-state index is 14.4. The minimum Gasteiger partial charge on any atom is -0.369 e. The zero-order chi connectivity index (χ0) is 32.5. The number of halogens is 5. The first-order valence-electron chi connectivity index (χ1n) is 14.6. The van der Waals surface area contributed by atoms with Gasteiger partial charge in [0.1, 0.15) is 5.54 Å². The van der Waals surface area contributed by atoms with Crippen LogP contribution in [0.5, 0.6) is 0 Å². The molecule has 4 fully saturated rings. The van der Waals surface area contributed by atoms with Gasteiger partial charge in [-0.3, -0.25) is 14.5 Å². The lowest BCUT2D eigenvalue weighted by atomic mass is 9.92. The minimum atomic E-state index is -5.02. The van der Waals surface area contributed by atoms with Crippen LogP contribution in [-0.2, 0) is 25.6 Å². The molecule has 2 saturated carbocycles. The van der Waals surface area contributed by atoms with Gasteiger partial charge in [-0.05, 0) is 64.7 Å². The van der Waals surface area contributed by atoms with Gasteiger partial charge < -0.3 is 15.1 Å². The predicted octanol–water partition coefficient (Wildman–Crippen LogP) is 3.44. The molecule has 2 amide bonds. The normalized spacial score (nSPS) is 26.9. The molecule has 4 aliphatic rings. The van der Waals surface area contributed by atoms with Gasteiger partial charge in [-0.15, -0.1) is 0 Å². The molecule has 1 aromatic rings. The number of anilines is 1. The molecular formula is C29H36F5N5O4S. The van der Waals surface area contributed by atoms with E-state index in [-0.39, 0.29) is 11.2 Å². The second-order valence-electron chi connectivity index (χ2n) is 13.4. The molecule has 3 atom stereocenters. The summed E-state index contributed by atoms with van der Waals surface area (Å²) in [6.07, 6.45) is -5.30. The standard InChI is InChI=1S/C29H36F5N5O4S/c1-26(2,3)39-10-8-37(9-11-39)18-4-5-23(22(12-18)29(32,33)34)44(42,43)19-13-20(24(40)36-27(15-35)6-7-27)21(14-19)25(41)38-16-28(30,31)17-38/h4-5,12,19-21H,6-11,13-14,16-17H2,1-3H3,(H,36,40)/t19-,20-,21-/m1/s1. The topological polar surface area (TPSA) is 114 Å². The largest absolute Gasteiger partial charge is 0.417 e. The van der Waals surface area contributed by atoms with Gasteiger partial charge in [-0.25, -0.2) is 17.2 Å². The van der Waals surface area contributed by atoms with Gasteiger partial charge >= 0.3 is 6.18 Å². The van der Waals surface area contributed by atoms with Gasteiger partial charge in [-0.1, -0.05) is 0 Å². The maximum Gasteiger partial charge on any atom is 0.417 e. The van der Waals surface area contributed by atoms with Crippen molar-refractivity contribution in [3.05, 3.63) is 23.8 Å². The molecule has 2 heterocycles. The van der Waals surface area contributed by atoms with E-state index in [2.05, 4.69) is 10.2 Å². The molecular weight excluding hydrogens is 609 g/mol. The molecule has 5 rings (SSSR count). The van der Waals surface area contributed by atoms with Crippen molar-refractivity contribution in [1.82, 2.24) is 15.1 Å². The number of nitriles is 1. The van der Waals surface area contributed by atoms with Crippen molar-refractivity contribution in [2.24, 2.45) is 11.8 Å². The first kappa shape index (κ1) is 32.4. The molecule has 0 unspecified atom stereocenters. The van der Waals surface area contributed by atoms with Gasteiger partial charge in [0, 0.05) is 37.4 Å². The Morgan fingerprint density at radius 3 is 2.09 bits per heavy atom. The molecule has 2 saturated heterocycles. The van der Waals surface area contributed by atoms with E-state index in [1.54, 1.807) is 4.90 Å². The summed E-state index contributed by atoms with van der Waals surface area (Å²) in [4.78, 5) is 30.2. The average molecular weight is 646 g/mol. The number of sulfone groups is 1. The van der Waals surface area contributed by atoms with Gasteiger partial charge in [0.05, 0.1) is 46.7 Å². The van der Waals surface area contributed by atoms with E-state index in [0.29, 0.717) is 39.0 Å². The SMILES string of the molecule is CC(C)(C)N1CCN(c2ccc(S(=O)(=O)[C@@H]3C[C@@H](C(=O)NC4(C#N)CC4)[C@H](C(=O)N4CC(F)(F)C4)C3)c(C(F)(F)F)c2)CC1. The fourth-order valence-corrected chi connectivity index (χ4v) is 8.45. The monoisotopic (exact) mass is 645 g/mol. The van der Waals surface area contributed by atoms with E-state index in [1.807, 2.05) is 26.8 Å². The number of hydrogen-bond donors (Lipinski definition) is 1. The van der Waals surface area contributed by atoms with Crippen LogP contribution in [0.2, 0.25) is 0 Å². The van der Waals surface area contributed by atoms with E-state index in [4.69, 9.17) is 0 Å². The van der Waals surface area contributed by atoms with Crippen LogP contribution in [0.4, 0.5) is 27.6 Å². The lowest BCUT2D eigenvalue weighted by Crippen LogP contribution is -2.60. The van der Waals surface area contributed by atoms with E-state index in [0.717, 1.165) is 17.0 Å². The van der Waals surface area contributed by atoms with Crippen LogP contribution in [0.25, 0.3) is 0 Å². The molecule has 0 radical (unpaired) electrons. The summed E-state index contributed by atoms with van der Waals surface area (Å²) in [6, 6.07) is 5.06. The molecule has 2 aliphatic carbocycles. The maximum atomic E-state index is 14.4. The third-order valence-corrected chi connectivity index (χ3v) is 11.5. The lowest BCUT2D eigenvalue weighted by molar-refractivity contribution is -0.171. The highest BCUT2D eigenvalue weighted by Crippen LogP contribution is 2.45. The molecule has 15 heteroatoms. The van der Waals surface area contributed by atoms with E-state index < -0.39 is 92.8 Å². The second-order valence-corrected chi connectivity index (χ2v) is 15.6. The van der Waals surface area contributed by atoms with Crippen molar-refractivity contribution in [2.75, 3.05) is 44.2 Å². The molecule has 1 aromatic carbocycles. The Morgan fingerprint density at radius 1 is 1.00 bits per heavy atom. The Balaban J connectivity index is 1.42. The first-order chi connectivity index (χ1) is 20.3. The minimum absolute atomic E-state index is 0.110. The van der Waals surface area contributed by atoms with Gasteiger partial charge in [-0.2, -0.15) is 18.4 Å². The lowest BCUT2D eigenvalue weighted by Gasteiger charge is -2.43. The first-order valence-corrected chi connectivity index (χ1v) is 16.2. The summed E-state index contributed by atoms with van der Waals surface area (Å²) < 4.78 is 97.9. The number of carbonyl (C=O) groups is 2. The summed E-state index contributed by atoms with van der Waals surface area (Å²) in [5, 5.41) is 10.4. The van der Waals surface area contributed by atoms with Crippen molar-refractivity contribution in [3.63, 3.8) is 0 Å². The third kappa shape index (κ3) is 6.24. The number of alkyl halides is 5. The quantitative estimate of drug-likeness (QED) is 0.472. The third-order valence-electron chi connectivity index (χ3n) is 9.26. The van der Waals surface area contributed by atoms with E-state index >= 15 is 0 Å². The zero-order valence-electron chi connectivity index (χ0n) is 24.8. The summed E-state index contributed by atoms with van der Waals surface area (Å²) in [5.74, 6) is -7.40. The van der Waals surface area contributed by atoms with Crippen LogP contribution in [0.15, 0.2) is 23.1 Å². The number of amides is 2. The highest BCUT2D eigenvalue weighted by Gasteiger charge is 2.55. The molecule has 0 aromatic heterocycles. The van der Waals surface area contributed by atoms with Crippen molar-refractivity contribution >= 4 is 27.3 Å². The Kier molecular flexibility index (Phi) is 7.97. The average Bonchev–Trinajstić information content (AvgIpc) is 3.54. The Bertz CT molecular complexity index is 1470. The molecule has 0 spiro atoms. The van der Waals surface area contributed by atoms with Crippen LogP contribution in [0.1, 0.15) is 52.0 Å². The highest BCUT2D eigenvalue weighted by molar-refractivity contribution is 7.92. The number of likely N-dealkylation sites (tertiary alicyclic amines) is 1. The molecule has 2 aliphatic heterocycles. The fraction of sp³-hybridized carbons (Fsp3) is 0.690. The van der Waals surface area contributed by atoms with Gasteiger partial charge in [0.15, 0.2) is 9.84 Å². The van der Waals surface area contributed by atoms with Crippen LogP contribution >= 0.6 is 0 Å². The number of hydrogen-bond acceptors (Lipinski definition) is 7. The van der Waals surface area contributed by atoms with Gasteiger partial charge in [0.2, 0.25) is 11.8 Å². The van der Waals surface area contributed by atoms with Crippen LogP contribution in [0, 0.1) is 23.2 Å². The number of nitrogens with zero attached hydrogens (tertiary/aromatic N) is 4. The number of piperazine rings is 1. The number of benzene rings is 1. The summed E-state index contributed by atoms with van der Waals surface area (Å²) in [5.41, 5.74) is -2.37. The predicted molar refractivity (Wildman–Crippen MR) is 149 cm³/mol. The van der Waals surface area contributed by atoms with E-state index in [9.17, 15) is 45.2 Å². The van der Waals surface area contributed by atoms with Crippen molar-refractivity contribution in [3.8, 4) is 6.07 Å². The van der Waals surface area contributed by atoms with E-state index in [1.165, 1.54) is 6.07 Å². The highest BCUT2D eigenvalue weighted by atomic mass is 32.2. The molecule has 44 heavy (non-hydrogen) atoms. The van der Waals surface area contributed by atoms with Crippen molar-refractivity contribution < 1.29 is 40.0 Å². The van der Waals surface area contributed by atoms with Gasteiger partial charge in [0.25, 0.3) is 5.92 Å². The van der Waals surface area contributed by atoms with Crippen LogP contribution in [0.3, 0.4) is 0 Å².